The van der Waals surface area contributed by atoms with Crippen LogP contribution in [-0.4, -0.2) is 21.1 Å². The lowest BCUT2D eigenvalue weighted by atomic mass is 9.92. The van der Waals surface area contributed by atoms with Crippen molar-refractivity contribution in [3.05, 3.63) is 72.8 Å². The molecule has 0 N–H and O–H groups in total. The molecule has 1 aliphatic rings. The molecule has 0 unspecified atom stereocenters. The molecule has 4 aromatic carbocycles. The van der Waals surface area contributed by atoms with Gasteiger partial charge in [-0.1, -0.05) is 123 Å². The molecule has 0 amide bonds. The first-order valence-corrected chi connectivity index (χ1v) is 16.4. The van der Waals surface area contributed by atoms with Gasteiger partial charge in [-0.15, -0.1) is 0 Å². The third-order valence-corrected chi connectivity index (χ3v) is 17.1. The molecule has 1 aliphatic heterocycles. The van der Waals surface area contributed by atoms with Gasteiger partial charge in [0.05, 0.1) is 0 Å². The summed E-state index contributed by atoms with van der Waals surface area (Å²) in [4.78, 5) is 0. The molecule has 0 bridgehead atoms. The molecule has 194 valence electrons. The van der Waals surface area contributed by atoms with Gasteiger partial charge in [0.15, 0.2) is 5.59 Å². The number of ether oxygens (including phenoxy) is 1. The van der Waals surface area contributed by atoms with Crippen molar-refractivity contribution >= 4 is 41.9 Å². The van der Waals surface area contributed by atoms with Crippen LogP contribution in [-0.2, 0) is 4.57 Å². The van der Waals surface area contributed by atoms with Crippen molar-refractivity contribution in [1.82, 2.24) is 0 Å². The van der Waals surface area contributed by atoms with Crippen LogP contribution in [0.4, 0.5) is 0 Å². The zero-order chi connectivity index (χ0) is 27.0. The lowest BCUT2D eigenvalue weighted by molar-refractivity contribution is 0.341. The van der Waals surface area contributed by atoms with Crippen LogP contribution in [0.5, 0.6) is 5.75 Å². The Morgan fingerprint density at radius 1 is 0.703 bits per heavy atom. The van der Waals surface area contributed by atoms with E-state index in [0.29, 0.717) is 0 Å². The van der Waals surface area contributed by atoms with Gasteiger partial charge in [0.25, 0.3) is 0 Å². The first-order chi connectivity index (χ1) is 17.2. The van der Waals surface area contributed by atoms with E-state index in [1.165, 1.54) is 38.0 Å². The van der Waals surface area contributed by atoms with Crippen LogP contribution in [0.1, 0.15) is 62.3 Å². The van der Waals surface area contributed by atoms with E-state index in [0.717, 1.165) is 5.75 Å². The predicted molar refractivity (Wildman–Crippen MR) is 165 cm³/mol. The Labute approximate surface area is 223 Å². The normalized spacial score (nSPS) is 18.7. The summed E-state index contributed by atoms with van der Waals surface area (Å²) in [6.45, 7) is 19.7. The van der Waals surface area contributed by atoms with Crippen LogP contribution in [0.15, 0.2) is 72.8 Å². The van der Waals surface area contributed by atoms with Gasteiger partial charge in [-0.2, -0.15) is 0 Å². The van der Waals surface area contributed by atoms with E-state index in [-0.39, 0.29) is 21.1 Å². The number of hydrogen-bond acceptors (Lipinski definition) is 2. The molecule has 0 radical (unpaired) electrons. The predicted octanol–water partition coefficient (Wildman–Crippen LogP) is 10.2. The van der Waals surface area contributed by atoms with E-state index >= 15 is 4.57 Å². The summed E-state index contributed by atoms with van der Waals surface area (Å²) in [6.07, 6.45) is 0. The molecule has 0 spiro atoms. The summed E-state index contributed by atoms with van der Waals surface area (Å²) in [5.41, 5.74) is 2.16. The van der Waals surface area contributed by atoms with Crippen LogP contribution in [0.25, 0.3) is 32.7 Å². The molecule has 2 atom stereocenters. The SMILES string of the molecule is CC(C)(C)[P@]1c2c(cccc2-c2c3ccccc3cc3ccccc23)O[C@@H]1P(=O)(C(C)(C)C)C(C)(C)C. The molecule has 0 aromatic heterocycles. The molecule has 1 heterocycles. The Morgan fingerprint density at radius 3 is 1.70 bits per heavy atom. The van der Waals surface area contributed by atoms with E-state index in [1.807, 2.05) is 0 Å². The van der Waals surface area contributed by atoms with E-state index < -0.39 is 15.1 Å². The highest BCUT2D eigenvalue weighted by molar-refractivity contribution is 7.84. The highest BCUT2D eigenvalue weighted by atomic mass is 31.2. The fraction of sp³-hybridized carbons (Fsp3) is 0.394. The van der Waals surface area contributed by atoms with Crippen molar-refractivity contribution in [1.29, 1.82) is 0 Å². The standard InChI is InChI=1S/C33H40O2P2/c1-31(2,3)36-29-26(28-24-17-12-10-15-22(24)21-23-16-11-13-18-25(23)28)19-14-20-27(29)35-30(36)37(34,32(4,5)6)33(7,8)9/h10-21,30H,1-9H3/t30-,36+/m0/s1. The Bertz CT molecular complexity index is 1480. The van der Waals surface area contributed by atoms with Gasteiger partial charge < -0.3 is 9.30 Å². The van der Waals surface area contributed by atoms with Gasteiger partial charge in [0, 0.05) is 15.6 Å². The smallest absolute Gasteiger partial charge is 0.174 e. The summed E-state index contributed by atoms with van der Waals surface area (Å²) in [5.74, 6) is 0.911. The second kappa shape index (κ2) is 8.69. The number of benzene rings is 4. The lowest BCUT2D eigenvalue weighted by Gasteiger charge is -2.47. The van der Waals surface area contributed by atoms with Crippen molar-refractivity contribution in [3.63, 3.8) is 0 Å². The second-order valence-electron chi connectivity index (χ2n) is 13.3. The Balaban J connectivity index is 1.87. The lowest BCUT2D eigenvalue weighted by Crippen LogP contribution is -2.38. The minimum Gasteiger partial charge on any atom is -0.477 e. The quantitative estimate of drug-likeness (QED) is 0.190. The van der Waals surface area contributed by atoms with E-state index in [4.69, 9.17) is 4.74 Å². The van der Waals surface area contributed by atoms with Crippen LogP contribution < -0.4 is 10.0 Å². The molecule has 0 aliphatic carbocycles. The monoisotopic (exact) mass is 530 g/mol. The van der Waals surface area contributed by atoms with Crippen molar-refractivity contribution in [2.24, 2.45) is 0 Å². The molecule has 2 nitrogen and oxygen atoms in total. The number of hydrogen-bond donors (Lipinski definition) is 0. The highest BCUT2D eigenvalue weighted by Crippen LogP contribution is 2.80. The molecule has 4 heteroatoms. The second-order valence-corrected chi connectivity index (χ2v) is 21.2. The average molecular weight is 531 g/mol. The van der Waals surface area contributed by atoms with Crippen LogP contribution in [0.3, 0.4) is 0 Å². The van der Waals surface area contributed by atoms with Gasteiger partial charge in [0.2, 0.25) is 0 Å². The number of rotatable bonds is 2. The zero-order valence-corrected chi connectivity index (χ0v) is 25.5. The third-order valence-electron chi connectivity index (χ3n) is 7.76. The maximum absolute atomic E-state index is 15.3. The third kappa shape index (κ3) is 4.07. The van der Waals surface area contributed by atoms with Crippen molar-refractivity contribution in [3.8, 4) is 16.9 Å². The fourth-order valence-electron chi connectivity index (χ4n) is 6.22. The van der Waals surface area contributed by atoms with Gasteiger partial charge in [-0.25, -0.2) is 0 Å². The molecule has 0 saturated heterocycles. The van der Waals surface area contributed by atoms with Gasteiger partial charge in [0.1, 0.15) is 12.9 Å². The minimum atomic E-state index is -2.87. The first-order valence-electron chi connectivity index (χ1n) is 13.3. The largest absolute Gasteiger partial charge is 0.477 e. The summed E-state index contributed by atoms with van der Waals surface area (Å²) in [6, 6.07) is 26.1. The summed E-state index contributed by atoms with van der Waals surface area (Å²) in [5, 5.41) is 5.39. The molecule has 0 saturated carbocycles. The molecule has 5 rings (SSSR count). The van der Waals surface area contributed by atoms with E-state index in [9.17, 15) is 0 Å². The highest BCUT2D eigenvalue weighted by Gasteiger charge is 2.60. The van der Waals surface area contributed by atoms with Crippen LogP contribution >= 0.6 is 15.1 Å². The zero-order valence-electron chi connectivity index (χ0n) is 23.7. The van der Waals surface area contributed by atoms with Crippen molar-refractivity contribution in [2.75, 3.05) is 0 Å². The Kier molecular flexibility index (Phi) is 6.22. The van der Waals surface area contributed by atoms with Gasteiger partial charge >= 0.3 is 0 Å². The summed E-state index contributed by atoms with van der Waals surface area (Å²) >= 11 is 0. The van der Waals surface area contributed by atoms with E-state index in [2.05, 4.69) is 135 Å². The topological polar surface area (TPSA) is 26.3 Å². The van der Waals surface area contributed by atoms with Crippen LogP contribution in [0.2, 0.25) is 0 Å². The molecular formula is C33H40O2P2. The molecule has 4 aromatic rings. The fourth-order valence-corrected chi connectivity index (χ4v) is 17.2. The first kappa shape index (κ1) is 26.5. The summed E-state index contributed by atoms with van der Waals surface area (Å²) < 4.78 is 22.3. The molecular weight excluding hydrogens is 490 g/mol. The van der Waals surface area contributed by atoms with E-state index in [1.54, 1.807) is 0 Å². The minimum absolute atomic E-state index is 0.0894. The molecule has 0 fully saturated rings. The average Bonchev–Trinajstić information content (AvgIpc) is 3.21. The van der Waals surface area contributed by atoms with Crippen molar-refractivity contribution < 1.29 is 9.30 Å². The Hall–Kier alpha value is -2.14. The number of fused-ring (bicyclic) bond motifs is 3. The summed E-state index contributed by atoms with van der Waals surface area (Å²) in [7, 11) is -3.79. The van der Waals surface area contributed by atoms with Gasteiger partial charge in [-0.05, 0) is 57.9 Å². The van der Waals surface area contributed by atoms with Crippen molar-refractivity contribution in [2.45, 2.75) is 83.4 Å². The molecule has 37 heavy (non-hydrogen) atoms. The Morgan fingerprint density at radius 2 is 1.22 bits per heavy atom. The maximum Gasteiger partial charge on any atom is 0.174 e. The van der Waals surface area contributed by atoms with Crippen LogP contribution in [0, 0.1) is 0 Å². The van der Waals surface area contributed by atoms with Gasteiger partial charge in [-0.3, -0.25) is 0 Å². The maximum atomic E-state index is 15.3.